The Kier molecular flexibility index (Phi) is 4.24. The average molecular weight is 342 g/mol. The quantitative estimate of drug-likeness (QED) is 0.500. The minimum absolute atomic E-state index is 0.241. The van der Waals surface area contributed by atoms with E-state index < -0.39 is 0 Å². The van der Waals surface area contributed by atoms with Crippen molar-refractivity contribution in [2.45, 2.75) is 5.22 Å². The largest absolute Gasteiger partial charge is 0.493 e. The number of thioether (sulfide) groups is 1. The van der Waals surface area contributed by atoms with E-state index in [4.69, 9.17) is 18.6 Å². The first-order valence-corrected chi connectivity index (χ1v) is 8.41. The van der Waals surface area contributed by atoms with Crippen LogP contribution in [0.3, 0.4) is 0 Å². The minimum atomic E-state index is 0.241. The lowest BCUT2D eigenvalue weighted by Crippen LogP contribution is -1.99. The molecule has 122 valence electrons. The Labute approximate surface area is 142 Å². The molecule has 0 N–H and O–H groups in total. The Bertz CT molecular complexity index is 822. The van der Waals surface area contributed by atoms with Gasteiger partial charge in [0.15, 0.2) is 11.5 Å². The number of para-hydroxylation sites is 1. The molecule has 0 aliphatic carbocycles. The van der Waals surface area contributed by atoms with Gasteiger partial charge in [0.25, 0.3) is 5.22 Å². The molecule has 4 rings (SSSR count). The van der Waals surface area contributed by atoms with E-state index in [9.17, 15) is 0 Å². The summed E-state index contributed by atoms with van der Waals surface area (Å²) in [5.74, 6) is 3.45. The normalized spacial score (nSPS) is 12.3. The fourth-order valence-corrected chi connectivity index (χ4v) is 2.80. The molecule has 1 aromatic heterocycles. The maximum absolute atomic E-state index is 5.67. The molecule has 0 saturated carbocycles. The van der Waals surface area contributed by atoms with Gasteiger partial charge in [0.1, 0.15) is 5.75 Å². The van der Waals surface area contributed by atoms with Crippen LogP contribution in [0, 0.1) is 0 Å². The van der Waals surface area contributed by atoms with Crippen molar-refractivity contribution in [3.05, 3.63) is 48.5 Å². The summed E-state index contributed by atoms with van der Waals surface area (Å²) in [6.07, 6.45) is 0. The van der Waals surface area contributed by atoms with Gasteiger partial charge in [-0.05, 0) is 30.3 Å². The summed E-state index contributed by atoms with van der Waals surface area (Å²) in [5, 5.41) is 8.64. The maximum atomic E-state index is 5.67. The van der Waals surface area contributed by atoms with Crippen molar-refractivity contribution in [2.24, 2.45) is 0 Å². The monoisotopic (exact) mass is 342 g/mol. The minimum Gasteiger partial charge on any atom is -0.493 e. The number of ether oxygens (including phenoxy) is 3. The zero-order valence-corrected chi connectivity index (χ0v) is 13.5. The Balaban J connectivity index is 1.33. The molecule has 6 nitrogen and oxygen atoms in total. The Hall–Kier alpha value is -2.67. The Morgan fingerprint density at radius 1 is 1.00 bits per heavy atom. The summed E-state index contributed by atoms with van der Waals surface area (Å²) in [6.45, 7) is 0.807. The molecule has 0 amide bonds. The van der Waals surface area contributed by atoms with Crippen LogP contribution in [-0.2, 0) is 0 Å². The summed E-state index contributed by atoms with van der Waals surface area (Å²) in [6, 6.07) is 15.2. The van der Waals surface area contributed by atoms with Crippen molar-refractivity contribution < 1.29 is 18.6 Å². The molecular weight excluding hydrogens is 328 g/mol. The summed E-state index contributed by atoms with van der Waals surface area (Å²) in [4.78, 5) is 0. The average Bonchev–Trinajstić information content (AvgIpc) is 3.28. The first-order valence-electron chi connectivity index (χ1n) is 7.43. The van der Waals surface area contributed by atoms with Crippen LogP contribution in [0.5, 0.6) is 17.2 Å². The van der Waals surface area contributed by atoms with E-state index in [0.717, 1.165) is 22.8 Å². The van der Waals surface area contributed by atoms with Crippen LogP contribution in [0.25, 0.3) is 11.5 Å². The second kappa shape index (κ2) is 6.84. The highest BCUT2D eigenvalue weighted by atomic mass is 32.2. The van der Waals surface area contributed by atoms with E-state index >= 15 is 0 Å². The van der Waals surface area contributed by atoms with Gasteiger partial charge >= 0.3 is 0 Å². The van der Waals surface area contributed by atoms with Crippen molar-refractivity contribution in [3.8, 4) is 28.7 Å². The van der Waals surface area contributed by atoms with Crippen LogP contribution in [0.2, 0.25) is 0 Å². The molecule has 2 heterocycles. The van der Waals surface area contributed by atoms with Gasteiger partial charge in [-0.15, -0.1) is 10.2 Å². The van der Waals surface area contributed by atoms with Crippen molar-refractivity contribution in [3.63, 3.8) is 0 Å². The summed E-state index contributed by atoms with van der Waals surface area (Å²) >= 11 is 1.46. The van der Waals surface area contributed by atoms with Gasteiger partial charge in [0.05, 0.1) is 6.61 Å². The van der Waals surface area contributed by atoms with Crippen LogP contribution in [0.4, 0.5) is 0 Å². The van der Waals surface area contributed by atoms with E-state index in [1.165, 1.54) is 11.8 Å². The molecule has 24 heavy (non-hydrogen) atoms. The molecule has 0 spiro atoms. The van der Waals surface area contributed by atoms with Crippen molar-refractivity contribution in [2.75, 3.05) is 19.2 Å². The van der Waals surface area contributed by atoms with Crippen molar-refractivity contribution in [1.29, 1.82) is 0 Å². The van der Waals surface area contributed by atoms with Crippen LogP contribution < -0.4 is 14.2 Å². The molecule has 2 aromatic carbocycles. The summed E-state index contributed by atoms with van der Waals surface area (Å²) in [7, 11) is 0. The van der Waals surface area contributed by atoms with Crippen molar-refractivity contribution >= 4 is 11.8 Å². The van der Waals surface area contributed by atoms with Gasteiger partial charge in [0.2, 0.25) is 12.7 Å². The third-order valence-corrected chi connectivity index (χ3v) is 4.13. The van der Waals surface area contributed by atoms with E-state index in [0.29, 0.717) is 23.5 Å². The molecule has 0 bridgehead atoms. The second-order valence-electron chi connectivity index (χ2n) is 4.95. The molecule has 1 aliphatic heterocycles. The molecular formula is C17H14N2O4S. The Morgan fingerprint density at radius 2 is 1.88 bits per heavy atom. The number of rotatable bonds is 6. The summed E-state index contributed by atoms with van der Waals surface area (Å²) in [5.41, 5.74) is 0.805. The predicted octanol–water partition coefficient (Wildman–Crippen LogP) is 3.64. The number of benzene rings is 2. The molecule has 0 fully saturated rings. The fraction of sp³-hybridized carbons (Fsp3) is 0.176. The lowest BCUT2D eigenvalue weighted by molar-refractivity contribution is 0.174. The number of hydrogen-bond acceptors (Lipinski definition) is 7. The van der Waals surface area contributed by atoms with Gasteiger partial charge in [0, 0.05) is 11.3 Å². The molecule has 1 aliphatic rings. The lowest BCUT2D eigenvalue weighted by atomic mass is 10.2. The zero-order valence-electron chi connectivity index (χ0n) is 12.7. The smallest absolute Gasteiger partial charge is 0.276 e. The first-order chi connectivity index (χ1) is 11.9. The fourth-order valence-electron chi connectivity index (χ4n) is 2.22. The Morgan fingerprint density at radius 3 is 2.79 bits per heavy atom. The van der Waals surface area contributed by atoms with Gasteiger partial charge in [-0.3, -0.25) is 0 Å². The van der Waals surface area contributed by atoms with Crippen LogP contribution in [-0.4, -0.2) is 29.4 Å². The number of nitrogens with zero attached hydrogens (tertiary/aromatic N) is 2. The number of fused-ring (bicyclic) bond motifs is 1. The van der Waals surface area contributed by atoms with Crippen LogP contribution in [0.15, 0.2) is 58.2 Å². The predicted molar refractivity (Wildman–Crippen MR) is 88.5 cm³/mol. The zero-order chi connectivity index (χ0) is 16.2. The third kappa shape index (κ3) is 3.30. The van der Waals surface area contributed by atoms with Crippen LogP contribution >= 0.6 is 11.8 Å². The van der Waals surface area contributed by atoms with E-state index in [-0.39, 0.29) is 6.79 Å². The maximum Gasteiger partial charge on any atom is 0.276 e. The first kappa shape index (κ1) is 14.9. The molecule has 7 heteroatoms. The number of hydrogen-bond donors (Lipinski definition) is 0. The molecule has 3 aromatic rings. The van der Waals surface area contributed by atoms with Gasteiger partial charge in [-0.2, -0.15) is 0 Å². The molecule has 0 unspecified atom stereocenters. The highest BCUT2D eigenvalue weighted by molar-refractivity contribution is 7.99. The lowest BCUT2D eigenvalue weighted by Gasteiger charge is -2.03. The van der Waals surface area contributed by atoms with E-state index in [1.807, 2.05) is 48.5 Å². The third-order valence-electron chi connectivity index (χ3n) is 3.35. The van der Waals surface area contributed by atoms with Crippen LogP contribution in [0.1, 0.15) is 0 Å². The van der Waals surface area contributed by atoms with E-state index in [1.54, 1.807) is 0 Å². The highest BCUT2D eigenvalue weighted by Crippen LogP contribution is 2.35. The molecule has 0 saturated heterocycles. The highest BCUT2D eigenvalue weighted by Gasteiger charge is 2.16. The van der Waals surface area contributed by atoms with Gasteiger partial charge in [-0.1, -0.05) is 30.0 Å². The van der Waals surface area contributed by atoms with Gasteiger partial charge in [-0.25, -0.2) is 0 Å². The standard InChI is InChI=1S/C17H14N2O4S/c1-2-4-13(5-3-1)20-8-9-24-17-19-18-16(23-17)12-6-7-14-15(10-12)22-11-21-14/h1-7,10H,8-9,11H2. The molecule has 0 atom stereocenters. The van der Waals surface area contributed by atoms with Gasteiger partial charge < -0.3 is 18.6 Å². The number of aromatic nitrogens is 2. The van der Waals surface area contributed by atoms with Crippen molar-refractivity contribution in [1.82, 2.24) is 10.2 Å². The SMILES string of the molecule is c1ccc(OCCSc2nnc(-c3ccc4c(c3)OCO4)o2)cc1. The van der Waals surface area contributed by atoms with E-state index in [2.05, 4.69) is 10.2 Å². The topological polar surface area (TPSA) is 66.6 Å². The summed E-state index contributed by atoms with van der Waals surface area (Å²) < 4.78 is 21.9. The molecule has 0 radical (unpaired) electrons. The second-order valence-corrected chi connectivity index (χ2v) is 6.00.